The molecule has 0 aliphatic heterocycles. The molecule has 1 aromatic heterocycles. The molecule has 0 amide bonds. The number of furan rings is 1. The van der Waals surface area contributed by atoms with Crippen LogP contribution in [0.2, 0.25) is 0 Å². The van der Waals surface area contributed by atoms with Crippen LogP contribution in [-0.4, -0.2) is 0 Å². The molecule has 0 aliphatic rings. The van der Waals surface area contributed by atoms with E-state index in [0.717, 1.165) is 61.6 Å². The van der Waals surface area contributed by atoms with Gasteiger partial charge in [-0.05, 0) is 87.8 Å². The number of para-hydroxylation sites is 4. The Hall–Kier alpha value is -7.10. The highest BCUT2D eigenvalue weighted by atomic mass is 16.3. The van der Waals surface area contributed by atoms with Gasteiger partial charge in [-0.2, -0.15) is 0 Å². The van der Waals surface area contributed by atoms with Gasteiger partial charge >= 0.3 is 0 Å². The quantitative estimate of drug-likeness (QED) is 0.167. The molecule has 0 atom stereocenters. The first-order valence-electron chi connectivity index (χ1n) is 18.0. The van der Waals surface area contributed by atoms with Gasteiger partial charge in [0.05, 0.1) is 11.4 Å². The summed E-state index contributed by atoms with van der Waals surface area (Å²) in [6.07, 6.45) is 0. The highest BCUT2D eigenvalue weighted by molar-refractivity contribution is 6.22. The first-order valence-corrected chi connectivity index (χ1v) is 18.0. The van der Waals surface area contributed by atoms with Crippen molar-refractivity contribution in [2.24, 2.45) is 0 Å². The summed E-state index contributed by atoms with van der Waals surface area (Å²) in [7, 11) is 0. The second-order valence-electron chi connectivity index (χ2n) is 13.3. The first kappa shape index (κ1) is 30.7. The van der Waals surface area contributed by atoms with Crippen LogP contribution < -0.4 is 9.80 Å². The van der Waals surface area contributed by atoms with Crippen molar-refractivity contribution in [1.82, 2.24) is 0 Å². The fourth-order valence-electron chi connectivity index (χ4n) is 7.85. The zero-order valence-electron chi connectivity index (χ0n) is 28.9. The Morgan fingerprint density at radius 2 is 0.849 bits per heavy atom. The van der Waals surface area contributed by atoms with E-state index in [2.05, 4.69) is 216 Å². The number of hydrogen-bond donors (Lipinski definition) is 0. The van der Waals surface area contributed by atoms with Crippen LogP contribution >= 0.6 is 0 Å². The molecule has 0 spiro atoms. The Kier molecular flexibility index (Phi) is 7.47. The Morgan fingerprint density at radius 3 is 1.55 bits per heavy atom. The van der Waals surface area contributed by atoms with Crippen LogP contribution in [0.3, 0.4) is 0 Å². The summed E-state index contributed by atoms with van der Waals surface area (Å²) in [5.74, 6) is 0. The van der Waals surface area contributed by atoms with Crippen molar-refractivity contribution in [1.29, 1.82) is 0 Å². The first-order chi connectivity index (χ1) is 26.3. The van der Waals surface area contributed by atoms with Gasteiger partial charge in [0.25, 0.3) is 0 Å². The Morgan fingerprint density at radius 1 is 0.321 bits per heavy atom. The molecule has 1 heterocycles. The molecule has 0 fully saturated rings. The number of rotatable bonds is 7. The van der Waals surface area contributed by atoms with E-state index in [1.807, 2.05) is 0 Å². The van der Waals surface area contributed by atoms with Gasteiger partial charge in [0.1, 0.15) is 5.58 Å². The van der Waals surface area contributed by atoms with E-state index in [-0.39, 0.29) is 0 Å². The lowest BCUT2D eigenvalue weighted by Crippen LogP contribution is -2.14. The van der Waals surface area contributed by atoms with Gasteiger partial charge in [0.2, 0.25) is 0 Å². The molecule has 0 unspecified atom stereocenters. The molecule has 10 rings (SSSR count). The molecule has 0 radical (unpaired) electrons. The SMILES string of the molecule is c1ccc(N(c2ccccc2)c2cc(N(c3ccccc3)c3ccccc3-c3cccc4ccccc34)c3oc4ccc5ccccc5c4c3c2)cc1. The van der Waals surface area contributed by atoms with Crippen molar-refractivity contribution >= 4 is 77.6 Å². The second-order valence-corrected chi connectivity index (χ2v) is 13.3. The standard InChI is InChI=1S/C50H34N2O/c1-4-20-37(21-5-1)51(38-22-6-2-7-23-38)40-33-45-49-42-27-13-11-18-36(42)31-32-48(49)53-50(45)47(34-40)52(39-24-8-3-9-25-39)46-30-15-14-28-44(46)43-29-16-19-35-17-10-12-26-41(35)43/h1-34H. The van der Waals surface area contributed by atoms with Gasteiger partial charge in [-0.15, -0.1) is 0 Å². The van der Waals surface area contributed by atoms with Crippen molar-refractivity contribution < 1.29 is 4.42 Å². The third-order valence-electron chi connectivity index (χ3n) is 10.2. The highest BCUT2D eigenvalue weighted by Crippen LogP contribution is 2.50. The summed E-state index contributed by atoms with van der Waals surface area (Å²) in [5, 5.41) is 6.94. The normalized spacial score (nSPS) is 11.4. The summed E-state index contributed by atoms with van der Waals surface area (Å²) in [6, 6.07) is 73.3. The molecule has 3 nitrogen and oxygen atoms in total. The molecule has 0 N–H and O–H groups in total. The van der Waals surface area contributed by atoms with Gasteiger partial charge in [-0.25, -0.2) is 0 Å². The minimum absolute atomic E-state index is 0.831. The lowest BCUT2D eigenvalue weighted by atomic mass is 9.96. The number of anilines is 6. The maximum atomic E-state index is 7.02. The van der Waals surface area contributed by atoms with Crippen LogP contribution in [0, 0.1) is 0 Å². The summed E-state index contributed by atoms with van der Waals surface area (Å²) in [4.78, 5) is 4.72. The minimum atomic E-state index is 0.831. The molecule has 0 bridgehead atoms. The van der Waals surface area contributed by atoms with E-state index in [4.69, 9.17) is 4.42 Å². The minimum Gasteiger partial charge on any atom is -0.454 e. The van der Waals surface area contributed by atoms with Crippen LogP contribution in [0.1, 0.15) is 0 Å². The maximum absolute atomic E-state index is 7.02. The van der Waals surface area contributed by atoms with Crippen LogP contribution in [-0.2, 0) is 0 Å². The third kappa shape index (κ3) is 5.30. The number of hydrogen-bond acceptors (Lipinski definition) is 3. The molecule has 0 aliphatic carbocycles. The zero-order chi connectivity index (χ0) is 35.1. The van der Waals surface area contributed by atoms with Crippen molar-refractivity contribution in [2.45, 2.75) is 0 Å². The van der Waals surface area contributed by atoms with Crippen molar-refractivity contribution in [3.05, 3.63) is 206 Å². The van der Waals surface area contributed by atoms with E-state index in [1.54, 1.807) is 0 Å². The molecule has 10 aromatic rings. The van der Waals surface area contributed by atoms with Gasteiger partial charge in [-0.1, -0.05) is 146 Å². The summed E-state index contributed by atoms with van der Waals surface area (Å²) in [6.45, 7) is 0. The molecule has 53 heavy (non-hydrogen) atoms. The van der Waals surface area contributed by atoms with Crippen LogP contribution in [0.5, 0.6) is 0 Å². The summed E-state index contributed by atoms with van der Waals surface area (Å²) in [5.41, 5.74) is 10.2. The van der Waals surface area contributed by atoms with Crippen LogP contribution in [0.15, 0.2) is 211 Å². The predicted molar refractivity (Wildman–Crippen MR) is 224 cm³/mol. The van der Waals surface area contributed by atoms with E-state index < -0.39 is 0 Å². The fourth-order valence-corrected chi connectivity index (χ4v) is 7.85. The van der Waals surface area contributed by atoms with Gasteiger partial charge in [-0.3, -0.25) is 0 Å². The molecule has 3 heteroatoms. The van der Waals surface area contributed by atoms with E-state index >= 15 is 0 Å². The van der Waals surface area contributed by atoms with Crippen LogP contribution in [0.4, 0.5) is 34.1 Å². The second kappa shape index (κ2) is 12.9. The maximum Gasteiger partial charge on any atom is 0.159 e. The Balaban J connectivity index is 1.33. The smallest absolute Gasteiger partial charge is 0.159 e. The largest absolute Gasteiger partial charge is 0.454 e. The van der Waals surface area contributed by atoms with Crippen molar-refractivity contribution in [2.75, 3.05) is 9.80 Å². The Labute approximate surface area is 308 Å². The average molecular weight is 679 g/mol. The molecular formula is C50H34N2O. The Bertz CT molecular complexity index is 2850. The van der Waals surface area contributed by atoms with E-state index in [0.29, 0.717) is 0 Å². The molecule has 0 saturated carbocycles. The number of benzene rings is 9. The van der Waals surface area contributed by atoms with E-state index in [1.165, 1.54) is 27.1 Å². The molecular weight excluding hydrogens is 645 g/mol. The lowest BCUT2D eigenvalue weighted by molar-refractivity contribution is 0.669. The molecule has 9 aromatic carbocycles. The number of nitrogens with zero attached hydrogens (tertiary/aromatic N) is 2. The summed E-state index contributed by atoms with van der Waals surface area (Å²) >= 11 is 0. The molecule has 0 saturated heterocycles. The highest BCUT2D eigenvalue weighted by Gasteiger charge is 2.26. The fraction of sp³-hybridized carbons (Fsp3) is 0. The topological polar surface area (TPSA) is 19.6 Å². The van der Waals surface area contributed by atoms with Gasteiger partial charge in [0, 0.05) is 39.1 Å². The summed E-state index contributed by atoms with van der Waals surface area (Å²) < 4.78 is 7.02. The third-order valence-corrected chi connectivity index (χ3v) is 10.2. The van der Waals surface area contributed by atoms with E-state index in [9.17, 15) is 0 Å². The average Bonchev–Trinajstić information content (AvgIpc) is 3.62. The van der Waals surface area contributed by atoms with Crippen LogP contribution in [0.25, 0.3) is 54.6 Å². The van der Waals surface area contributed by atoms with Crippen molar-refractivity contribution in [3.8, 4) is 11.1 Å². The predicted octanol–water partition coefficient (Wildman–Crippen LogP) is 14.5. The van der Waals surface area contributed by atoms with Gasteiger partial charge < -0.3 is 14.2 Å². The van der Waals surface area contributed by atoms with Gasteiger partial charge in [0.15, 0.2) is 5.58 Å². The molecule has 250 valence electrons. The monoisotopic (exact) mass is 678 g/mol. The van der Waals surface area contributed by atoms with Crippen molar-refractivity contribution in [3.63, 3.8) is 0 Å². The lowest BCUT2D eigenvalue weighted by Gasteiger charge is -2.31. The zero-order valence-corrected chi connectivity index (χ0v) is 28.9. The number of fused-ring (bicyclic) bond motifs is 6.